The molecule has 1 aliphatic heterocycles. The molecule has 1 aromatic carbocycles. The molecule has 0 atom stereocenters. The average Bonchev–Trinajstić information content (AvgIpc) is 3.04. The monoisotopic (exact) mass is 334 g/mol. The van der Waals surface area contributed by atoms with Crippen molar-refractivity contribution in [1.29, 1.82) is 0 Å². The fraction of sp³-hybridized carbons (Fsp3) is 0.267. The van der Waals surface area contributed by atoms with Crippen molar-refractivity contribution >= 4 is 23.2 Å². The van der Waals surface area contributed by atoms with E-state index in [1.807, 2.05) is 18.2 Å². The topological polar surface area (TPSA) is 97.8 Å². The van der Waals surface area contributed by atoms with Gasteiger partial charge in [-0.15, -0.1) is 11.3 Å². The number of amides is 1. The molecule has 7 nitrogen and oxygen atoms in total. The number of nitrogens with zero attached hydrogens (tertiary/aromatic N) is 1. The van der Waals surface area contributed by atoms with Crippen molar-refractivity contribution in [3.63, 3.8) is 0 Å². The zero-order valence-corrected chi connectivity index (χ0v) is 12.9. The number of fused-ring (bicyclic) bond motifs is 1. The van der Waals surface area contributed by atoms with E-state index in [1.54, 1.807) is 5.38 Å². The van der Waals surface area contributed by atoms with Gasteiger partial charge in [-0.2, -0.15) is 0 Å². The summed E-state index contributed by atoms with van der Waals surface area (Å²) in [6.45, 7) is 1.11. The van der Waals surface area contributed by atoms with Crippen molar-refractivity contribution < 1.29 is 24.2 Å². The van der Waals surface area contributed by atoms with Gasteiger partial charge in [-0.25, -0.2) is 4.98 Å². The van der Waals surface area contributed by atoms with Crippen molar-refractivity contribution in [3.8, 4) is 22.1 Å². The number of nitrogens with one attached hydrogen (secondary N) is 1. The molecule has 2 N–H and O–H groups in total. The first-order chi connectivity index (χ1) is 11.1. The smallest absolute Gasteiger partial charge is 0.305 e. The maximum atomic E-state index is 11.9. The highest BCUT2D eigenvalue weighted by Crippen LogP contribution is 2.35. The fourth-order valence-electron chi connectivity index (χ4n) is 2.06. The Morgan fingerprint density at radius 1 is 1.26 bits per heavy atom. The van der Waals surface area contributed by atoms with Crippen LogP contribution in [0.3, 0.4) is 0 Å². The van der Waals surface area contributed by atoms with Gasteiger partial charge in [-0.3, -0.25) is 9.59 Å². The first-order valence-electron chi connectivity index (χ1n) is 6.99. The Kier molecular flexibility index (Phi) is 4.42. The van der Waals surface area contributed by atoms with Crippen LogP contribution < -0.4 is 14.8 Å². The number of hydrogen-bond donors (Lipinski definition) is 2. The molecule has 0 saturated carbocycles. The molecule has 1 aromatic heterocycles. The third-order valence-electron chi connectivity index (χ3n) is 3.15. The molecule has 2 heterocycles. The Hall–Kier alpha value is -2.61. The molecule has 8 heteroatoms. The minimum atomic E-state index is -0.958. The summed E-state index contributed by atoms with van der Waals surface area (Å²) in [5.74, 6) is 0.0199. The largest absolute Gasteiger partial charge is 0.486 e. The number of benzene rings is 1. The van der Waals surface area contributed by atoms with Crippen LogP contribution in [0.2, 0.25) is 0 Å². The summed E-state index contributed by atoms with van der Waals surface area (Å²) in [6, 6.07) is 5.51. The summed E-state index contributed by atoms with van der Waals surface area (Å²) in [4.78, 5) is 26.6. The number of hydrogen-bond acceptors (Lipinski definition) is 6. The lowest BCUT2D eigenvalue weighted by atomic mass is 10.2. The van der Waals surface area contributed by atoms with Crippen molar-refractivity contribution in [1.82, 2.24) is 10.3 Å². The zero-order valence-electron chi connectivity index (χ0n) is 12.1. The molecule has 0 saturated heterocycles. The van der Waals surface area contributed by atoms with Crippen LogP contribution in [0.1, 0.15) is 16.9 Å². The molecule has 1 aliphatic rings. The number of thiazole rings is 1. The van der Waals surface area contributed by atoms with Crippen LogP contribution in [-0.2, 0) is 4.79 Å². The molecule has 0 unspecified atom stereocenters. The molecule has 1 amide bonds. The van der Waals surface area contributed by atoms with Gasteiger partial charge in [0.1, 0.15) is 23.9 Å². The Morgan fingerprint density at radius 2 is 2.04 bits per heavy atom. The van der Waals surface area contributed by atoms with Crippen LogP contribution in [0.5, 0.6) is 11.5 Å². The van der Waals surface area contributed by atoms with Crippen molar-refractivity contribution in [2.75, 3.05) is 19.8 Å². The molecular weight excluding hydrogens is 320 g/mol. The molecule has 0 spiro atoms. The maximum absolute atomic E-state index is 11.9. The number of carboxylic acid groups (broad SMARTS) is 1. The summed E-state index contributed by atoms with van der Waals surface area (Å²) in [5, 5.41) is 13.4. The van der Waals surface area contributed by atoms with E-state index in [-0.39, 0.29) is 24.6 Å². The van der Waals surface area contributed by atoms with E-state index in [9.17, 15) is 9.59 Å². The standard InChI is InChI=1S/C15H14N2O5S/c18-13(19)3-4-16-14(20)10-8-23-15(17-10)9-1-2-11-12(7-9)22-6-5-21-11/h1-2,7-8H,3-6H2,(H,16,20)(H,18,19). The Morgan fingerprint density at radius 3 is 2.83 bits per heavy atom. The van der Waals surface area contributed by atoms with E-state index in [1.165, 1.54) is 11.3 Å². The predicted octanol–water partition coefficient (Wildman–Crippen LogP) is 1.79. The van der Waals surface area contributed by atoms with Gasteiger partial charge in [0.25, 0.3) is 5.91 Å². The van der Waals surface area contributed by atoms with Gasteiger partial charge >= 0.3 is 5.97 Å². The summed E-state index contributed by atoms with van der Waals surface area (Å²) in [7, 11) is 0. The molecule has 0 bridgehead atoms. The molecule has 0 radical (unpaired) electrons. The summed E-state index contributed by atoms with van der Waals surface area (Å²) >= 11 is 1.34. The Labute approximate surface area is 135 Å². The van der Waals surface area contributed by atoms with Gasteiger partial charge in [-0.1, -0.05) is 0 Å². The van der Waals surface area contributed by atoms with Gasteiger partial charge in [-0.05, 0) is 18.2 Å². The predicted molar refractivity (Wildman–Crippen MR) is 83.1 cm³/mol. The Bertz CT molecular complexity index is 743. The number of aliphatic carboxylic acids is 1. The van der Waals surface area contributed by atoms with Gasteiger partial charge in [0.05, 0.1) is 6.42 Å². The van der Waals surface area contributed by atoms with Crippen LogP contribution in [0.15, 0.2) is 23.6 Å². The number of carbonyl (C=O) groups is 2. The number of carboxylic acids is 1. The summed E-state index contributed by atoms with van der Waals surface area (Å²) < 4.78 is 11.0. The lowest BCUT2D eigenvalue weighted by molar-refractivity contribution is -0.136. The first kappa shape index (κ1) is 15.3. The molecule has 0 aliphatic carbocycles. The molecule has 3 rings (SSSR count). The van der Waals surface area contributed by atoms with Crippen molar-refractivity contribution in [3.05, 3.63) is 29.3 Å². The van der Waals surface area contributed by atoms with E-state index in [4.69, 9.17) is 14.6 Å². The second kappa shape index (κ2) is 6.66. The second-order valence-corrected chi connectivity index (χ2v) is 5.65. The van der Waals surface area contributed by atoms with Gasteiger partial charge in [0.2, 0.25) is 0 Å². The van der Waals surface area contributed by atoms with Crippen molar-refractivity contribution in [2.24, 2.45) is 0 Å². The summed E-state index contributed by atoms with van der Waals surface area (Å²) in [5.41, 5.74) is 1.11. The fourth-order valence-corrected chi connectivity index (χ4v) is 2.86. The minimum absolute atomic E-state index is 0.0745. The maximum Gasteiger partial charge on any atom is 0.305 e. The molecule has 2 aromatic rings. The summed E-state index contributed by atoms with van der Waals surface area (Å²) in [6.07, 6.45) is -0.120. The van der Waals surface area contributed by atoms with E-state index in [2.05, 4.69) is 10.3 Å². The van der Waals surface area contributed by atoms with Gasteiger partial charge in [0, 0.05) is 17.5 Å². The lowest BCUT2D eigenvalue weighted by Crippen LogP contribution is -2.26. The zero-order chi connectivity index (χ0) is 16.2. The molecular formula is C15H14N2O5S. The lowest BCUT2D eigenvalue weighted by Gasteiger charge is -2.18. The second-order valence-electron chi connectivity index (χ2n) is 4.80. The van der Waals surface area contributed by atoms with Crippen LogP contribution in [-0.4, -0.2) is 41.7 Å². The molecule has 120 valence electrons. The van der Waals surface area contributed by atoms with E-state index < -0.39 is 5.97 Å². The normalized spacial score (nSPS) is 12.7. The minimum Gasteiger partial charge on any atom is -0.486 e. The highest BCUT2D eigenvalue weighted by molar-refractivity contribution is 7.13. The first-order valence-corrected chi connectivity index (χ1v) is 7.87. The van der Waals surface area contributed by atoms with E-state index in [0.29, 0.717) is 29.7 Å². The van der Waals surface area contributed by atoms with E-state index >= 15 is 0 Å². The van der Waals surface area contributed by atoms with Gasteiger partial charge < -0.3 is 19.9 Å². The Balaban J connectivity index is 1.71. The quantitative estimate of drug-likeness (QED) is 0.865. The SMILES string of the molecule is O=C(O)CCNC(=O)c1csc(-c2ccc3c(c2)OCCO3)n1. The van der Waals surface area contributed by atoms with Crippen LogP contribution in [0, 0.1) is 0 Å². The molecule has 0 fully saturated rings. The highest BCUT2D eigenvalue weighted by atomic mass is 32.1. The number of carbonyl (C=O) groups excluding carboxylic acids is 1. The highest BCUT2D eigenvalue weighted by Gasteiger charge is 2.16. The third kappa shape index (κ3) is 3.59. The van der Waals surface area contributed by atoms with Crippen LogP contribution in [0.25, 0.3) is 10.6 Å². The van der Waals surface area contributed by atoms with Crippen LogP contribution in [0.4, 0.5) is 0 Å². The van der Waals surface area contributed by atoms with Crippen LogP contribution >= 0.6 is 11.3 Å². The van der Waals surface area contributed by atoms with E-state index in [0.717, 1.165) is 5.56 Å². The van der Waals surface area contributed by atoms with Gasteiger partial charge in [0.15, 0.2) is 11.5 Å². The third-order valence-corrected chi connectivity index (χ3v) is 4.04. The number of ether oxygens (including phenoxy) is 2. The average molecular weight is 334 g/mol. The number of aromatic nitrogens is 1. The molecule has 23 heavy (non-hydrogen) atoms. The number of rotatable bonds is 5. The van der Waals surface area contributed by atoms with Crippen molar-refractivity contribution in [2.45, 2.75) is 6.42 Å².